The third kappa shape index (κ3) is 3.37. The van der Waals surface area contributed by atoms with Crippen LogP contribution in [-0.4, -0.2) is 21.1 Å². The monoisotopic (exact) mass is 359 g/mol. The minimum absolute atomic E-state index is 0.0225. The topological polar surface area (TPSA) is 56.0 Å². The van der Waals surface area contributed by atoms with E-state index < -0.39 is 23.6 Å². The van der Waals surface area contributed by atoms with Gasteiger partial charge in [0.2, 0.25) is 5.91 Å². The lowest BCUT2D eigenvalue weighted by Gasteiger charge is -2.15. The highest BCUT2D eigenvalue weighted by atomic mass is 19.1. The molecule has 0 bridgehead atoms. The van der Waals surface area contributed by atoms with E-state index in [1.165, 1.54) is 27.3 Å². The molecular weight excluding hydrogens is 340 g/mol. The van der Waals surface area contributed by atoms with Crippen molar-refractivity contribution in [2.75, 3.05) is 0 Å². The molecule has 0 aliphatic carbocycles. The first kappa shape index (κ1) is 17.8. The molecule has 0 saturated carbocycles. The summed E-state index contributed by atoms with van der Waals surface area (Å²) in [6.07, 6.45) is 0.0225. The molecule has 3 rings (SSSR count). The van der Waals surface area contributed by atoms with Crippen molar-refractivity contribution in [2.45, 2.75) is 25.9 Å². The van der Waals surface area contributed by atoms with Gasteiger partial charge < -0.3 is 5.32 Å². The minimum atomic E-state index is -0.642. The van der Waals surface area contributed by atoms with Crippen LogP contribution in [-0.2, 0) is 24.8 Å². The molecule has 0 unspecified atom stereocenters. The van der Waals surface area contributed by atoms with Crippen molar-refractivity contribution in [3.8, 4) is 0 Å². The van der Waals surface area contributed by atoms with Gasteiger partial charge in [0.25, 0.3) is 0 Å². The molecule has 0 radical (unpaired) electrons. The number of imidazole rings is 1. The molecule has 0 aliphatic heterocycles. The van der Waals surface area contributed by atoms with Gasteiger partial charge in [-0.25, -0.2) is 13.6 Å². The molecule has 26 heavy (non-hydrogen) atoms. The Bertz CT molecular complexity index is 1000. The van der Waals surface area contributed by atoms with E-state index in [1.54, 1.807) is 32.2 Å². The molecule has 7 heteroatoms. The fourth-order valence-corrected chi connectivity index (χ4v) is 3.06. The molecule has 1 atom stereocenters. The Hall–Kier alpha value is -2.96. The summed E-state index contributed by atoms with van der Waals surface area (Å²) in [7, 11) is 1.64. The second-order valence-electron chi connectivity index (χ2n) is 6.29. The number of hydrogen-bond acceptors (Lipinski definition) is 2. The van der Waals surface area contributed by atoms with E-state index >= 15 is 0 Å². The quantitative estimate of drug-likeness (QED) is 0.760. The van der Waals surface area contributed by atoms with Crippen LogP contribution in [0, 0.1) is 11.6 Å². The maximum atomic E-state index is 13.7. The van der Waals surface area contributed by atoms with Gasteiger partial charge >= 0.3 is 5.69 Å². The number of hydrogen-bond donors (Lipinski definition) is 1. The molecule has 0 aliphatic rings. The molecule has 136 valence electrons. The summed E-state index contributed by atoms with van der Waals surface area (Å²) < 4.78 is 30.3. The Morgan fingerprint density at radius 3 is 2.35 bits per heavy atom. The van der Waals surface area contributed by atoms with Crippen molar-refractivity contribution < 1.29 is 13.6 Å². The summed E-state index contributed by atoms with van der Waals surface area (Å²) in [6, 6.07) is 10.4. The summed E-state index contributed by atoms with van der Waals surface area (Å²) >= 11 is 0. The fraction of sp³-hybridized carbons (Fsp3) is 0.263. The minimum Gasteiger partial charge on any atom is -0.352 e. The lowest BCUT2D eigenvalue weighted by Crippen LogP contribution is -2.38. The second kappa shape index (κ2) is 7.11. The normalized spacial score (nSPS) is 12.3. The van der Waals surface area contributed by atoms with E-state index in [0.29, 0.717) is 5.52 Å². The number of fused-ring (bicyclic) bond motifs is 1. The van der Waals surface area contributed by atoms with Crippen LogP contribution < -0.4 is 11.0 Å². The second-order valence-corrected chi connectivity index (χ2v) is 6.29. The number of aromatic nitrogens is 2. The third-order valence-electron chi connectivity index (χ3n) is 4.33. The first-order chi connectivity index (χ1) is 12.4. The van der Waals surface area contributed by atoms with Crippen LogP contribution in [0.4, 0.5) is 8.78 Å². The van der Waals surface area contributed by atoms with Crippen LogP contribution in [0.5, 0.6) is 0 Å². The van der Waals surface area contributed by atoms with Crippen LogP contribution in [0.15, 0.2) is 47.3 Å². The number of carbonyl (C=O) groups is 1. The zero-order valence-corrected chi connectivity index (χ0v) is 14.5. The van der Waals surface area contributed by atoms with Crippen molar-refractivity contribution in [1.29, 1.82) is 0 Å². The number of para-hydroxylation sites is 2. The Morgan fingerprint density at radius 1 is 1.08 bits per heavy atom. The highest BCUT2D eigenvalue weighted by Gasteiger charge is 2.17. The third-order valence-corrected chi connectivity index (χ3v) is 4.33. The van der Waals surface area contributed by atoms with Gasteiger partial charge in [-0.2, -0.15) is 0 Å². The summed E-state index contributed by atoms with van der Waals surface area (Å²) in [6.45, 7) is 1.50. The highest BCUT2D eigenvalue weighted by Crippen LogP contribution is 2.14. The van der Waals surface area contributed by atoms with Gasteiger partial charge in [-0.3, -0.25) is 13.9 Å². The molecule has 1 N–H and O–H groups in total. The summed E-state index contributed by atoms with van der Waals surface area (Å²) in [5.74, 6) is -1.68. The lowest BCUT2D eigenvalue weighted by molar-refractivity contribution is -0.122. The maximum Gasteiger partial charge on any atom is 0.329 e. The summed E-state index contributed by atoms with van der Waals surface area (Å²) in [5, 5.41) is 2.69. The van der Waals surface area contributed by atoms with Crippen molar-refractivity contribution in [3.63, 3.8) is 0 Å². The average molecular weight is 359 g/mol. The fourth-order valence-electron chi connectivity index (χ4n) is 3.06. The Balaban J connectivity index is 1.74. The van der Waals surface area contributed by atoms with Gasteiger partial charge in [0.1, 0.15) is 18.2 Å². The lowest BCUT2D eigenvalue weighted by atomic mass is 10.1. The molecule has 5 nitrogen and oxygen atoms in total. The van der Waals surface area contributed by atoms with E-state index in [9.17, 15) is 18.4 Å². The standard InChI is InChI=1S/C19H19F2N3O2/c1-12(10-13-14(20)6-5-7-15(13)21)22-18(25)11-24-17-9-4-3-8-16(17)23(2)19(24)26/h3-9,12H,10-11H2,1-2H3,(H,22,25)/t12-/m0/s1. The number of nitrogens with zero attached hydrogens (tertiary/aromatic N) is 2. The number of benzene rings is 2. The van der Waals surface area contributed by atoms with Gasteiger partial charge in [-0.1, -0.05) is 18.2 Å². The number of halogens is 2. The maximum absolute atomic E-state index is 13.7. The molecule has 0 fully saturated rings. The molecule has 1 aromatic heterocycles. The molecule has 0 saturated heterocycles. The van der Waals surface area contributed by atoms with Crippen LogP contribution in [0.2, 0.25) is 0 Å². The first-order valence-corrected chi connectivity index (χ1v) is 8.25. The predicted octanol–water partition coefficient (Wildman–Crippen LogP) is 2.37. The van der Waals surface area contributed by atoms with Gasteiger partial charge in [0.05, 0.1) is 11.0 Å². The zero-order chi connectivity index (χ0) is 18.8. The van der Waals surface area contributed by atoms with Gasteiger partial charge in [-0.05, 0) is 37.6 Å². The van der Waals surface area contributed by atoms with Crippen molar-refractivity contribution >= 4 is 16.9 Å². The summed E-state index contributed by atoms with van der Waals surface area (Å²) in [4.78, 5) is 24.7. The van der Waals surface area contributed by atoms with Gasteiger partial charge in [-0.15, -0.1) is 0 Å². The molecule has 0 spiro atoms. The smallest absolute Gasteiger partial charge is 0.329 e. The molecule has 2 aromatic carbocycles. The van der Waals surface area contributed by atoms with Gasteiger partial charge in [0.15, 0.2) is 0 Å². The number of nitrogens with one attached hydrogen (secondary N) is 1. The van der Waals surface area contributed by atoms with E-state index in [0.717, 1.165) is 5.52 Å². The Kier molecular flexibility index (Phi) is 4.88. The molecule has 1 amide bonds. The number of carbonyl (C=O) groups excluding carboxylic acids is 1. The Labute approximate surface area is 148 Å². The zero-order valence-electron chi connectivity index (χ0n) is 14.5. The van der Waals surface area contributed by atoms with E-state index in [4.69, 9.17) is 0 Å². The predicted molar refractivity (Wildman–Crippen MR) is 94.8 cm³/mol. The van der Waals surface area contributed by atoms with E-state index in [2.05, 4.69) is 5.32 Å². The highest BCUT2D eigenvalue weighted by molar-refractivity contribution is 5.81. The molecule has 3 aromatic rings. The van der Waals surface area contributed by atoms with E-state index in [1.807, 2.05) is 6.07 Å². The van der Waals surface area contributed by atoms with Crippen LogP contribution in [0.1, 0.15) is 12.5 Å². The number of rotatable bonds is 5. The number of aryl methyl sites for hydroxylation is 1. The van der Waals surface area contributed by atoms with Crippen LogP contribution in [0.3, 0.4) is 0 Å². The average Bonchev–Trinajstić information content (AvgIpc) is 2.84. The van der Waals surface area contributed by atoms with Crippen molar-refractivity contribution in [1.82, 2.24) is 14.5 Å². The Morgan fingerprint density at radius 2 is 1.69 bits per heavy atom. The van der Waals surface area contributed by atoms with Gasteiger partial charge in [0, 0.05) is 18.7 Å². The summed E-state index contributed by atoms with van der Waals surface area (Å²) in [5.41, 5.74) is 1.02. The van der Waals surface area contributed by atoms with E-state index in [-0.39, 0.29) is 24.2 Å². The van der Waals surface area contributed by atoms with Crippen molar-refractivity contribution in [3.05, 3.63) is 70.1 Å². The first-order valence-electron chi connectivity index (χ1n) is 8.25. The van der Waals surface area contributed by atoms with Crippen molar-refractivity contribution in [2.24, 2.45) is 7.05 Å². The molecular formula is C19H19F2N3O2. The SMILES string of the molecule is C[C@@H](Cc1c(F)cccc1F)NC(=O)Cn1c(=O)n(C)c2ccccc21. The molecule has 1 heterocycles. The largest absolute Gasteiger partial charge is 0.352 e. The number of amides is 1. The van der Waals surface area contributed by atoms with Crippen LogP contribution >= 0.6 is 0 Å². The van der Waals surface area contributed by atoms with Crippen LogP contribution in [0.25, 0.3) is 11.0 Å².